The summed E-state index contributed by atoms with van der Waals surface area (Å²) in [7, 11) is 0. The minimum atomic E-state index is 0.00959. The summed E-state index contributed by atoms with van der Waals surface area (Å²) in [6, 6.07) is 16.3. The second-order valence-corrected chi connectivity index (χ2v) is 8.27. The molecule has 0 amide bonds. The summed E-state index contributed by atoms with van der Waals surface area (Å²) in [5.41, 5.74) is 6.07. The van der Waals surface area contributed by atoms with Crippen molar-refractivity contribution in [3.63, 3.8) is 0 Å². The van der Waals surface area contributed by atoms with E-state index in [2.05, 4.69) is 35.8 Å². The number of fused-ring (bicyclic) bond motifs is 1. The van der Waals surface area contributed by atoms with Gasteiger partial charge in [-0.3, -0.25) is 19.2 Å². The lowest BCUT2D eigenvalue weighted by atomic mass is 10.0. The summed E-state index contributed by atoms with van der Waals surface area (Å²) in [6.07, 6.45) is 1.24. The maximum absolute atomic E-state index is 13.6. The largest absolute Gasteiger partial charge is 0.396 e. The van der Waals surface area contributed by atoms with Gasteiger partial charge in [-0.05, 0) is 49.9 Å². The van der Waals surface area contributed by atoms with E-state index in [-0.39, 0.29) is 12.2 Å². The highest BCUT2D eigenvalue weighted by Crippen LogP contribution is 2.31. The summed E-state index contributed by atoms with van der Waals surface area (Å²) in [5, 5.41) is 9.33. The van der Waals surface area contributed by atoms with Crippen LogP contribution in [0.25, 0.3) is 0 Å². The second-order valence-electron chi connectivity index (χ2n) is 8.27. The SMILES string of the molecule is Cc1cccc(N2CN(CCCO)Cn3c2nc(C)c(Cc2ccccc2)c3=O)c1C. The summed E-state index contributed by atoms with van der Waals surface area (Å²) in [5.74, 6) is 0.688. The predicted molar refractivity (Wildman–Crippen MR) is 124 cm³/mol. The third-order valence-electron chi connectivity index (χ3n) is 6.10. The molecular weight excluding hydrogens is 388 g/mol. The van der Waals surface area contributed by atoms with Crippen molar-refractivity contribution in [3.8, 4) is 0 Å². The van der Waals surface area contributed by atoms with E-state index in [1.165, 1.54) is 11.1 Å². The van der Waals surface area contributed by atoms with Crippen molar-refractivity contribution in [2.45, 2.75) is 40.3 Å². The van der Waals surface area contributed by atoms with Crippen LogP contribution in [0, 0.1) is 20.8 Å². The zero-order valence-corrected chi connectivity index (χ0v) is 18.5. The molecule has 0 radical (unpaired) electrons. The third-order valence-corrected chi connectivity index (χ3v) is 6.10. The molecular formula is C25H30N4O2. The molecule has 0 saturated heterocycles. The normalized spacial score (nSPS) is 14.0. The van der Waals surface area contributed by atoms with Gasteiger partial charge < -0.3 is 5.11 Å². The zero-order valence-electron chi connectivity index (χ0n) is 18.5. The average Bonchev–Trinajstić information content (AvgIpc) is 2.78. The van der Waals surface area contributed by atoms with E-state index in [1.54, 1.807) is 4.57 Å². The van der Waals surface area contributed by atoms with Gasteiger partial charge in [-0.2, -0.15) is 0 Å². The van der Waals surface area contributed by atoms with Crippen LogP contribution in [0.3, 0.4) is 0 Å². The van der Waals surface area contributed by atoms with Crippen LogP contribution in [0.5, 0.6) is 0 Å². The van der Waals surface area contributed by atoms with Crippen molar-refractivity contribution >= 4 is 11.6 Å². The Morgan fingerprint density at radius 1 is 1.00 bits per heavy atom. The molecule has 2 aromatic carbocycles. The Hall–Kier alpha value is -2.96. The lowest BCUT2D eigenvalue weighted by Crippen LogP contribution is -2.48. The number of hydrogen-bond acceptors (Lipinski definition) is 5. The molecule has 0 atom stereocenters. The maximum Gasteiger partial charge on any atom is 0.259 e. The lowest BCUT2D eigenvalue weighted by molar-refractivity contribution is 0.175. The molecule has 1 aromatic heterocycles. The van der Waals surface area contributed by atoms with Crippen molar-refractivity contribution in [2.75, 3.05) is 24.7 Å². The van der Waals surface area contributed by atoms with Gasteiger partial charge in [0.25, 0.3) is 5.56 Å². The summed E-state index contributed by atoms with van der Waals surface area (Å²) >= 11 is 0. The molecule has 0 fully saturated rings. The number of rotatable bonds is 6. The number of aliphatic hydroxyl groups excluding tert-OH is 1. The average molecular weight is 419 g/mol. The van der Waals surface area contributed by atoms with Crippen LogP contribution >= 0.6 is 0 Å². The minimum absolute atomic E-state index is 0.00959. The van der Waals surface area contributed by atoms with Crippen molar-refractivity contribution in [3.05, 3.63) is 86.8 Å². The topological polar surface area (TPSA) is 61.6 Å². The Morgan fingerprint density at radius 3 is 2.52 bits per heavy atom. The van der Waals surface area contributed by atoms with Gasteiger partial charge in [0.1, 0.15) is 0 Å². The van der Waals surface area contributed by atoms with Crippen LogP contribution in [0.15, 0.2) is 53.3 Å². The molecule has 3 aromatic rings. The van der Waals surface area contributed by atoms with E-state index in [0.717, 1.165) is 22.5 Å². The predicted octanol–water partition coefficient (Wildman–Crippen LogP) is 3.51. The molecule has 1 N–H and O–H groups in total. The Balaban J connectivity index is 1.82. The van der Waals surface area contributed by atoms with Crippen LogP contribution in [0.2, 0.25) is 0 Å². The first-order valence-corrected chi connectivity index (χ1v) is 10.8. The number of nitrogens with zero attached hydrogens (tertiary/aromatic N) is 4. The molecule has 0 saturated carbocycles. The highest BCUT2D eigenvalue weighted by molar-refractivity contribution is 5.64. The van der Waals surface area contributed by atoms with Crippen molar-refractivity contribution in [1.29, 1.82) is 0 Å². The van der Waals surface area contributed by atoms with Gasteiger partial charge in [0.05, 0.1) is 19.0 Å². The monoisotopic (exact) mass is 418 g/mol. The minimum Gasteiger partial charge on any atom is -0.396 e. The molecule has 162 valence electrons. The van der Waals surface area contributed by atoms with E-state index in [0.29, 0.717) is 38.7 Å². The Kier molecular flexibility index (Phi) is 6.20. The van der Waals surface area contributed by atoms with Crippen LogP contribution in [-0.4, -0.2) is 39.4 Å². The molecule has 0 spiro atoms. The quantitative estimate of drug-likeness (QED) is 0.664. The van der Waals surface area contributed by atoms with Crippen molar-refractivity contribution < 1.29 is 5.11 Å². The van der Waals surface area contributed by atoms with Gasteiger partial charge in [0.2, 0.25) is 5.95 Å². The fourth-order valence-electron chi connectivity index (χ4n) is 4.18. The Bertz CT molecular complexity index is 1120. The first-order valence-electron chi connectivity index (χ1n) is 10.8. The van der Waals surface area contributed by atoms with Gasteiger partial charge in [-0.1, -0.05) is 42.5 Å². The third kappa shape index (κ3) is 4.27. The number of aromatic nitrogens is 2. The fourth-order valence-corrected chi connectivity index (χ4v) is 4.18. The summed E-state index contributed by atoms with van der Waals surface area (Å²) in [4.78, 5) is 22.9. The second kappa shape index (κ2) is 9.04. The molecule has 1 aliphatic rings. The van der Waals surface area contributed by atoms with Crippen molar-refractivity contribution in [1.82, 2.24) is 14.5 Å². The standard InChI is InChI=1S/C25H30N4O2/c1-18-9-7-12-23(19(18)2)28-16-27(13-8-14-30)17-29-24(31)22(20(3)26-25(28)29)15-21-10-5-4-6-11-21/h4-7,9-12,30H,8,13-17H2,1-3H3. The molecule has 1 aliphatic heterocycles. The highest BCUT2D eigenvalue weighted by atomic mass is 16.3. The van der Waals surface area contributed by atoms with Gasteiger partial charge >= 0.3 is 0 Å². The number of benzene rings is 2. The van der Waals surface area contributed by atoms with Crippen LogP contribution in [0.4, 0.5) is 11.6 Å². The van der Waals surface area contributed by atoms with E-state index in [9.17, 15) is 9.90 Å². The molecule has 31 heavy (non-hydrogen) atoms. The van der Waals surface area contributed by atoms with E-state index >= 15 is 0 Å². The van der Waals surface area contributed by atoms with Gasteiger partial charge in [-0.25, -0.2) is 4.98 Å². The van der Waals surface area contributed by atoms with Crippen LogP contribution in [-0.2, 0) is 13.1 Å². The molecule has 6 nitrogen and oxygen atoms in total. The Labute approximate surface area is 183 Å². The van der Waals surface area contributed by atoms with Crippen molar-refractivity contribution in [2.24, 2.45) is 0 Å². The number of hydrogen-bond donors (Lipinski definition) is 1. The molecule has 0 unspecified atom stereocenters. The van der Waals surface area contributed by atoms with Gasteiger partial charge in [0, 0.05) is 30.8 Å². The van der Waals surface area contributed by atoms with Crippen LogP contribution in [0.1, 0.15) is 34.4 Å². The molecule has 2 heterocycles. The lowest BCUT2D eigenvalue weighted by Gasteiger charge is -2.39. The smallest absolute Gasteiger partial charge is 0.259 e. The van der Waals surface area contributed by atoms with Gasteiger partial charge in [-0.15, -0.1) is 0 Å². The van der Waals surface area contributed by atoms with Gasteiger partial charge in [0.15, 0.2) is 0 Å². The van der Waals surface area contributed by atoms with E-state index in [1.807, 2.05) is 43.3 Å². The number of aryl methyl sites for hydroxylation is 2. The maximum atomic E-state index is 13.6. The summed E-state index contributed by atoms with van der Waals surface area (Å²) in [6.45, 7) is 8.09. The molecule has 0 aliphatic carbocycles. The number of anilines is 2. The molecule has 6 heteroatoms. The molecule has 4 rings (SSSR count). The summed E-state index contributed by atoms with van der Waals surface area (Å²) < 4.78 is 1.79. The highest BCUT2D eigenvalue weighted by Gasteiger charge is 2.28. The zero-order chi connectivity index (χ0) is 22.0. The first-order chi connectivity index (χ1) is 15.0. The van der Waals surface area contributed by atoms with E-state index in [4.69, 9.17) is 4.98 Å². The fraction of sp³-hybridized carbons (Fsp3) is 0.360. The van der Waals surface area contributed by atoms with E-state index < -0.39 is 0 Å². The first kappa shape index (κ1) is 21.3. The molecule has 0 bridgehead atoms. The number of aliphatic hydroxyl groups is 1. The van der Waals surface area contributed by atoms with Crippen LogP contribution < -0.4 is 10.5 Å². The Morgan fingerprint density at radius 2 is 1.77 bits per heavy atom.